The van der Waals surface area contributed by atoms with Crippen LogP contribution in [0.25, 0.3) is 0 Å². The van der Waals surface area contributed by atoms with Crippen molar-refractivity contribution in [1.29, 1.82) is 0 Å². The monoisotopic (exact) mass is 259 g/mol. The summed E-state index contributed by atoms with van der Waals surface area (Å²) in [6, 6.07) is 10.4. The number of para-hydroxylation sites is 1. The van der Waals surface area contributed by atoms with Gasteiger partial charge in [-0.25, -0.2) is 0 Å². The molecule has 1 aromatic heterocycles. The number of aryl methyl sites for hydroxylation is 1. The average Bonchev–Trinajstić information content (AvgIpc) is 2.92. The highest BCUT2D eigenvalue weighted by atomic mass is 16.5. The Bertz CT molecular complexity index is 522. The van der Waals surface area contributed by atoms with Gasteiger partial charge in [-0.3, -0.25) is 4.68 Å². The van der Waals surface area contributed by atoms with Gasteiger partial charge in [0, 0.05) is 30.9 Å². The number of hydrogen-bond donors (Lipinski definition) is 1. The number of nitrogens with one attached hydrogen (secondary N) is 1. The second-order valence-electron chi connectivity index (χ2n) is 4.48. The molecule has 102 valence electrons. The number of hydrogen-bond acceptors (Lipinski definition) is 3. The lowest BCUT2D eigenvalue weighted by atomic mass is 10.1. The second-order valence-corrected chi connectivity index (χ2v) is 4.48. The van der Waals surface area contributed by atoms with Crippen molar-refractivity contribution in [3.8, 4) is 5.75 Å². The summed E-state index contributed by atoms with van der Waals surface area (Å²) < 4.78 is 7.39. The molecule has 1 atom stereocenters. The van der Waals surface area contributed by atoms with Gasteiger partial charge >= 0.3 is 0 Å². The highest BCUT2D eigenvalue weighted by Gasteiger charge is 2.11. The van der Waals surface area contributed by atoms with E-state index in [0.29, 0.717) is 0 Å². The summed E-state index contributed by atoms with van der Waals surface area (Å²) in [5.74, 6) is 0.923. The van der Waals surface area contributed by atoms with Crippen LogP contribution in [0.2, 0.25) is 0 Å². The Morgan fingerprint density at radius 3 is 2.84 bits per heavy atom. The molecular weight excluding hydrogens is 238 g/mol. The molecule has 0 radical (unpaired) electrons. The van der Waals surface area contributed by atoms with Crippen molar-refractivity contribution in [3.05, 3.63) is 47.8 Å². The third kappa shape index (κ3) is 3.15. The summed E-state index contributed by atoms with van der Waals surface area (Å²) in [5, 5.41) is 7.78. The van der Waals surface area contributed by atoms with Crippen LogP contribution in [0.15, 0.2) is 36.5 Å². The summed E-state index contributed by atoms with van der Waals surface area (Å²) in [6.45, 7) is 5.94. The van der Waals surface area contributed by atoms with E-state index in [1.54, 1.807) is 7.11 Å². The number of ether oxygens (including phenoxy) is 1. The lowest BCUT2D eigenvalue weighted by Gasteiger charge is -2.17. The minimum atomic E-state index is 0.233. The van der Waals surface area contributed by atoms with E-state index in [9.17, 15) is 0 Å². The molecule has 0 aliphatic rings. The quantitative estimate of drug-likeness (QED) is 0.867. The zero-order valence-electron chi connectivity index (χ0n) is 11.8. The average molecular weight is 259 g/mol. The molecule has 0 saturated carbocycles. The van der Waals surface area contributed by atoms with Crippen LogP contribution < -0.4 is 10.1 Å². The lowest BCUT2D eigenvalue weighted by Crippen LogP contribution is -2.20. The van der Waals surface area contributed by atoms with Crippen molar-refractivity contribution >= 4 is 0 Å². The van der Waals surface area contributed by atoms with Crippen molar-refractivity contribution in [1.82, 2.24) is 15.1 Å². The molecule has 0 spiro atoms. The van der Waals surface area contributed by atoms with Gasteiger partial charge in [0.15, 0.2) is 0 Å². The molecule has 0 amide bonds. The highest BCUT2D eigenvalue weighted by Crippen LogP contribution is 2.24. The van der Waals surface area contributed by atoms with Crippen LogP contribution in [0.5, 0.6) is 5.75 Å². The maximum atomic E-state index is 5.39. The molecule has 0 aliphatic carbocycles. The number of aromatic nitrogens is 2. The Morgan fingerprint density at radius 2 is 2.11 bits per heavy atom. The van der Waals surface area contributed by atoms with E-state index in [4.69, 9.17) is 4.74 Å². The second kappa shape index (κ2) is 6.38. The van der Waals surface area contributed by atoms with Gasteiger partial charge in [0.2, 0.25) is 0 Å². The molecule has 4 heteroatoms. The Morgan fingerprint density at radius 1 is 1.32 bits per heavy atom. The van der Waals surface area contributed by atoms with Crippen LogP contribution >= 0.6 is 0 Å². The third-order valence-electron chi connectivity index (χ3n) is 3.30. The molecule has 0 saturated heterocycles. The fourth-order valence-corrected chi connectivity index (χ4v) is 2.19. The van der Waals surface area contributed by atoms with Gasteiger partial charge in [-0.1, -0.05) is 18.2 Å². The molecule has 19 heavy (non-hydrogen) atoms. The zero-order valence-corrected chi connectivity index (χ0v) is 11.8. The van der Waals surface area contributed by atoms with Crippen LogP contribution in [-0.4, -0.2) is 16.9 Å². The Labute approximate surface area is 114 Å². The van der Waals surface area contributed by atoms with Gasteiger partial charge in [0.05, 0.1) is 12.8 Å². The van der Waals surface area contributed by atoms with Gasteiger partial charge in [0.25, 0.3) is 0 Å². The van der Waals surface area contributed by atoms with Crippen molar-refractivity contribution in [3.63, 3.8) is 0 Å². The van der Waals surface area contributed by atoms with E-state index in [1.807, 2.05) is 35.1 Å². The summed E-state index contributed by atoms with van der Waals surface area (Å²) in [4.78, 5) is 0. The molecule has 4 nitrogen and oxygen atoms in total. The summed E-state index contributed by atoms with van der Waals surface area (Å²) in [5.41, 5.74) is 2.37. The minimum Gasteiger partial charge on any atom is -0.496 e. The van der Waals surface area contributed by atoms with Gasteiger partial charge in [-0.05, 0) is 26.0 Å². The summed E-state index contributed by atoms with van der Waals surface area (Å²) in [7, 11) is 1.71. The van der Waals surface area contributed by atoms with Crippen LogP contribution in [-0.2, 0) is 13.1 Å². The first-order chi connectivity index (χ1) is 9.26. The molecule has 0 fully saturated rings. The van der Waals surface area contributed by atoms with E-state index in [0.717, 1.165) is 18.8 Å². The molecule has 0 aliphatic heterocycles. The smallest absolute Gasteiger partial charge is 0.123 e. The first-order valence-corrected chi connectivity index (χ1v) is 6.63. The standard InChI is InChI=1S/C15H21N3O/c1-4-18-13(9-10-17-18)11-16-12(2)14-7-5-6-8-15(14)19-3/h5-10,12,16H,4,11H2,1-3H3/t12-/m1/s1. The van der Waals surface area contributed by atoms with Crippen LogP contribution in [0.1, 0.15) is 31.1 Å². The normalized spacial score (nSPS) is 12.4. The number of nitrogens with zero attached hydrogens (tertiary/aromatic N) is 2. The van der Waals surface area contributed by atoms with Crippen molar-refractivity contribution in [2.75, 3.05) is 7.11 Å². The Hall–Kier alpha value is -1.81. The van der Waals surface area contributed by atoms with Crippen molar-refractivity contribution < 1.29 is 4.74 Å². The van der Waals surface area contributed by atoms with E-state index in [-0.39, 0.29) is 6.04 Å². The Balaban J connectivity index is 2.03. The SMILES string of the molecule is CCn1nccc1CN[C@H](C)c1ccccc1OC. The molecule has 2 aromatic rings. The van der Waals surface area contributed by atoms with E-state index in [1.165, 1.54) is 11.3 Å². The van der Waals surface area contributed by atoms with Crippen molar-refractivity contribution in [2.45, 2.75) is 33.0 Å². The molecule has 1 heterocycles. The molecule has 1 aromatic carbocycles. The maximum Gasteiger partial charge on any atom is 0.123 e. The zero-order chi connectivity index (χ0) is 13.7. The predicted octanol–water partition coefficient (Wildman–Crippen LogP) is 2.76. The molecular formula is C15H21N3O. The fraction of sp³-hybridized carbons (Fsp3) is 0.400. The summed E-state index contributed by atoms with van der Waals surface area (Å²) >= 11 is 0. The van der Waals surface area contributed by atoms with E-state index >= 15 is 0 Å². The molecule has 1 N–H and O–H groups in total. The van der Waals surface area contributed by atoms with Gasteiger partial charge in [0.1, 0.15) is 5.75 Å². The van der Waals surface area contributed by atoms with Crippen LogP contribution in [0.4, 0.5) is 0 Å². The molecule has 0 bridgehead atoms. The minimum absolute atomic E-state index is 0.233. The summed E-state index contributed by atoms with van der Waals surface area (Å²) in [6.07, 6.45) is 1.84. The highest BCUT2D eigenvalue weighted by molar-refractivity contribution is 5.35. The van der Waals surface area contributed by atoms with Gasteiger partial charge in [-0.15, -0.1) is 0 Å². The number of methoxy groups -OCH3 is 1. The number of rotatable bonds is 6. The van der Waals surface area contributed by atoms with E-state index < -0.39 is 0 Å². The third-order valence-corrected chi connectivity index (χ3v) is 3.30. The fourth-order valence-electron chi connectivity index (χ4n) is 2.19. The maximum absolute atomic E-state index is 5.39. The first kappa shape index (κ1) is 13.6. The van der Waals surface area contributed by atoms with Gasteiger partial charge in [-0.2, -0.15) is 5.10 Å². The Kier molecular flexibility index (Phi) is 4.58. The topological polar surface area (TPSA) is 39.1 Å². The lowest BCUT2D eigenvalue weighted by molar-refractivity contribution is 0.400. The predicted molar refractivity (Wildman–Crippen MR) is 76.1 cm³/mol. The van der Waals surface area contributed by atoms with Crippen LogP contribution in [0, 0.1) is 0 Å². The molecule has 2 rings (SSSR count). The van der Waals surface area contributed by atoms with Crippen LogP contribution in [0.3, 0.4) is 0 Å². The first-order valence-electron chi connectivity index (χ1n) is 6.63. The van der Waals surface area contributed by atoms with E-state index in [2.05, 4.69) is 30.3 Å². The molecule has 0 unspecified atom stereocenters. The van der Waals surface area contributed by atoms with Gasteiger partial charge < -0.3 is 10.1 Å². The number of benzene rings is 1. The largest absolute Gasteiger partial charge is 0.496 e. The van der Waals surface area contributed by atoms with Crippen molar-refractivity contribution in [2.24, 2.45) is 0 Å².